The van der Waals surface area contributed by atoms with Crippen molar-refractivity contribution in [3.8, 4) is 0 Å². The van der Waals surface area contributed by atoms with Gasteiger partial charge in [-0.2, -0.15) is 0 Å². The van der Waals surface area contributed by atoms with Gasteiger partial charge >= 0.3 is 0 Å². The van der Waals surface area contributed by atoms with Crippen LogP contribution in [-0.4, -0.2) is 24.0 Å². The van der Waals surface area contributed by atoms with Crippen molar-refractivity contribution in [2.75, 3.05) is 13.1 Å². The van der Waals surface area contributed by atoms with Crippen LogP contribution in [0.2, 0.25) is 5.02 Å². The third-order valence-electron chi connectivity index (χ3n) is 2.84. The van der Waals surface area contributed by atoms with Gasteiger partial charge in [-0.05, 0) is 37.1 Å². The first-order chi connectivity index (χ1) is 7.24. The van der Waals surface area contributed by atoms with Gasteiger partial charge < -0.3 is 5.73 Å². The van der Waals surface area contributed by atoms with E-state index in [0.717, 1.165) is 31.1 Å². The SMILES string of the molecule is N[C@H]1CCCN(Cc2cccc(Cl)c2)C1. The van der Waals surface area contributed by atoms with Gasteiger partial charge in [-0.3, -0.25) is 4.90 Å². The number of nitrogens with two attached hydrogens (primary N) is 1. The fourth-order valence-corrected chi connectivity index (χ4v) is 2.34. The van der Waals surface area contributed by atoms with Gasteiger partial charge in [0.2, 0.25) is 0 Å². The summed E-state index contributed by atoms with van der Waals surface area (Å²) in [6.45, 7) is 3.13. The minimum absolute atomic E-state index is 0.345. The monoisotopic (exact) mass is 224 g/mol. The van der Waals surface area contributed by atoms with Gasteiger partial charge in [-0.15, -0.1) is 0 Å². The van der Waals surface area contributed by atoms with E-state index in [1.54, 1.807) is 0 Å². The van der Waals surface area contributed by atoms with Crippen LogP contribution in [0.1, 0.15) is 18.4 Å². The van der Waals surface area contributed by atoms with Crippen LogP contribution in [0, 0.1) is 0 Å². The number of halogens is 1. The molecule has 0 amide bonds. The van der Waals surface area contributed by atoms with E-state index in [1.165, 1.54) is 12.0 Å². The number of hydrogen-bond acceptors (Lipinski definition) is 2. The highest BCUT2D eigenvalue weighted by Crippen LogP contribution is 2.15. The molecule has 2 rings (SSSR count). The van der Waals surface area contributed by atoms with Gasteiger partial charge in [0.15, 0.2) is 0 Å². The van der Waals surface area contributed by atoms with Crippen LogP contribution in [0.15, 0.2) is 24.3 Å². The van der Waals surface area contributed by atoms with E-state index in [0.29, 0.717) is 6.04 Å². The maximum Gasteiger partial charge on any atom is 0.0409 e. The number of piperidine rings is 1. The molecule has 0 unspecified atom stereocenters. The summed E-state index contributed by atoms with van der Waals surface area (Å²) in [5, 5.41) is 0.814. The van der Waals surface area contributed by atoms with E-state index in [-0.39, 0.29) is 0 Å². The predicted octanol–water partition coefficient (Wildman–Crippen LogP) is 2.26. The molecule has 15 heavy (non-hydrogen) atoms. The molecule has 3 heteroatoms. The van der Waals surface area contributed by atoms with E-state index in [4.69, 9.17) is 17.3 Å². The topological polar surface area (TPSA) is 29.3 Å². The van der Waals surface area contributed by atoms with Crippen LogP contribution < -0.4 is 5.73 Å². The molecule has 1 aliphatic heterocycles. The van der Waals surface area contributed by atoms with Gasteiger partial charge in [0.25, 0.3) is 0 Å². The molecule has 1 heterocycles. The zero-order valence-corrected chi connectivity index (χ0v) is 9.58. The summed E-state index contributed by atoms with van der Waals surface area (Å²) < 4.78 is 0. The van der Waals surface area contributed by atoms with Crippen molar-refractivity contribution in [1.29, 1.82) is 0 Å². The lowest BCUT2D eigenvalue weighted by atomic mass is 10.1. The zero-order valence-electron chi connectivity index (χ0n) is 8.82. The molecule has 0 spiro atoms. The lowest BCUT2D eigenvalue weighted by Gasteiger charge is -2.30. The second-order valence-corrected chi connectivity index (χ2v) is 4.70. The molecular formula is C12H17ClN2. The van der Waals surface area contributed by atoms with Crippen molar-refractivity contribution in [3.05, 3.63) is 34.9 Å². The first kappa shape index (κ1) is 10.9. The van der Waals surface area contributed by atoms with Crippen LogP contribution >= 0.6 is 11.6 Å². The second kappa shape index (κ2) is 4.97. The Bertz CT molecular complexity index is 327. The Kier molecular flexibility index (Phi) is 3.62. The molecule has 0 saturated carbocycles. The van der Waals surface area contributed by atoms with E-state index >= 15 is 0 Å². The Morgan fingerprint density at radius 1 is 1.47 bits per heavy atom. The molecule has 2 N–H and O–H groups in total. The summed E-state index contributed by atoms with van der Waals surface area (Å²) in [5.74, 6) is 0. The van der Waals surface area contributed by atoms with Crippen molar-refractivity contribution >= 4 is 11.6 Å². The molecule has 1 aromatic rings. The third-order valence-corrected chi connectivity index (χ3v) is 3.07. The van der Waals surface area contributed by atoms with Gasteiger partial charge in [0.1, 0.15) is 0 Å². The summed E-state index contributed by atoms with van der Waals surface area (Å²) in [6, 6.07) is 8.40. The molecule has 82 valence electrons. The summed E-state index contributed by atoms with van der Waals surface area (Å²) in [6.07, 6.45) is 2.37. The van der Waals surface area contributed by atoms with Crippen molar-refractivity contribution in [3.63, 3.8) is 0 Å². The van der Waals surface area contributed by atoms with Crippen molar-refractivity contribution < 1.29 is 0 Å². The van der Waals surface area contributed by atoms with Gasteiger partial charge in [-0.1, -0.05) is 23.7 Å². The fourth-order valence-electron chi connectivity index (χ4n) is 2.13. The summed E-state index contributed by atoms with van der Waals surface area (Å²) in [7, 11) is 0. The molecule has 1 fully saturated rings. The Morgan fingerprint density at radius 2 is 2.33 bits per heavy atom. The van der Waals surface area contributed by atoms with Crippen LogP contribution in [0.3, 0.4) is 0 Å². The second-order valence-electron chi connectivity index (χ2n) is 4.27. The standard InChI is InChI=1S/C12H17ClN2/c13-11-4-1-3-10(7-11)8-15-6-2-5-12(14)9-15/h1,3-4,7,12H,2,5-6,8-9,14H2/t12-/m0/s1. The summed E-state index contributed by atoms with van der Waals surface area (Å²) >= 11 is 5.95. The molecule has 2 nitrogen and oxygen atoms in total. The lowest BCUT2D eigenvalue weighted by Crippen LogP contribution is -2.42. The molecule has 0 radical (unpaired) electrons. The average molecular weight is 225 g/mol. The average Bonchev–Trinajstić information content (AvgIpc) is 2.17. The minimum Gasteiger partial charge on any atom is -0.327 e. The highest BCUT2D eigenvalue weighted by molar-refractivity contribution is 6.30. The number of likely N-dealkylation sites (tertiary alicyclic amines) is 1. The lowest BCUT2D eigenvalue weighted by molar-refractivity contribution is 0.201. The quantitative estimate of drug-likeness (QED) is 0.835. The normalized spacial score (nSPS) is 22.9. The Hall–Kier alpha value is -0.570. The summed E-state index contributed by atoms with van der Waals surface area (Å²) in [4.78, 5) is 2.40. The molecule has 1 atom stereocenters. The fraction of sp³-hybridized carbons (Fsp3) is 0.500. The predicted molar refractivity (Wildman–Crippen MR) is 63.9 cm³/mol. The van der Waals surface area contributed by atoms with Crippen LogP contribution in [0.4, 0.5) is 0 Å². The Labute approximate surface area is 96.0 Å². The zero-order chi connectivity index (χ0) is 10.7. The highest BCUT2D eigenvalue weighted by Gasteiger charge is 2.16. The number of nitrogens with zero attached hydrogens (tertiary/aromatic N) is 1. The van der Waals surface area contributed by atoms with Crippen LogP contribution in [-0.2, 0) is 6.54 Å². The van der Waals surface area contributed by atoms with Crippen molar-refractivity contribution in [2.45, 2.75) is 25.4 Å². The molecule has 0 aromatic heterocycles. The van der Waals surface area contributed by atoms with E-state index < -0.39 is 0 Å². The number of rotatable bonds is 2. The van der Waals surface area contributed by atoms with E-state index in [1.807, 2.05) is 18.2 Å². The first-order valence-corrected chi connectivity index (χ1v) is 5.84. The maximum atomic E-state index is 5.95. The molecule has 1 saturated heterocycles. The van der Waals surface area contributed by atoms with Crippen molar-refractivity contribution in [2.24, 2.45) is 5.73 Å². The van der Waals surface area contributed by atoms with Gasteiger partial charge in [0.05, 0.1) is 0 Å². The minimum atomic E-state index is 0.345. The smallest absolute Gasteiger partial charge is 0.0409 e. The van der Waals surface area contributed by atoms with Gasteiger partial charge in [-0.25, -0.2) is 0 Å². The first-order valence-electron chi connectivity index (χ1n) is 5.46. The molecule has 0 aliphatic carbocycles. The van der Waals surface area contributed by atoms with E-state index in [9.17, 15) is 0 Å². The largest absolute Gasteiger partial charge is 0.327 e. The van der Waals surface area contributed by atoms with E-state index in [2.05, 4.69) is 11.0 Å². The third kappa shape index (κ3) is 3.20. The Balaban J connectivity index is 1.96. The van der Waals surface area contributed by atoms with Crippen LogP contribution in [0.5, 0.6) is 0 Å². The highest BCUT2D eigenvalue weighted by atomic mass is 35.5. The molecular weight excluding hydrogens is 208 g/mol. The summed E-state index contributed by atoms with van der Waals surface area (Å²) in [5.41, 5.74) is 7.22. The molecule has 1 aromatic carbocycles. The van der Waals surface area contributed by atoms with Crippen molar-refractivity contribution in [1.82, 2.24) is 4.90 Å². The van der Waals surface area contributed by atoms with Gasteiger partial charge in [0, 0.05) is 24.2 Å². The maximum absolute atomic E-state index is 5.95. The molecule has 1 aliphatic rings. The molecule has 0 bridgehead atoms. The number of benzene rings is 1. The van der Waals surface area contributed by atoms with Crippen LogP contribution in [0.25, 0.3) is 0 Å². The Morgan fingerprint density at radius 3 is 3.07 bits per heavy atom. The number of hydrogen-bond donors (Lipinski definition) is 1.